The maximum absolute atomic E-state index is 5.25. The van der Waals surface area contributed by atoms with E-state index in [0.29, 0.717) is 0 Å². The summed E-state index contributed by atoms with van der Waals surface area (Å²) in [4.78, 5) is 6.24. The molecule has 15 heavy (non-hydrogen) atoms. The fraction of sp³-hybridized carbons (Fsp3) is 0.600. The quantitative estimate of drug-likeness (QED) is 0.634. The lowest BCUT2D eigenvalue weighted by molar-refractivity contribution is 0.481. The van der Waals surface area contributed by atoms with E-state index in [1.807, 2.05) is 22.8 Å². The molecule has 5 heteroatoms. The van der Waals surface area contributed by atoms with E-state index in [4.69, 9.17) is 12.2 Å². The Balaban J connectivity index is 2.27. The summed E-state index contributed by atoms with van der Waals surface area (Å²) in [6, 6.07) is 0. The first-order valence-electron chi connectivity index (χ1n) is 5.10. The van der Waals surface area contributed by atoms with Crippen LogP contribution in [0.25, 0.3) is 0 Å². The zero-order chi connectivity index (χ0) is 11.1. The van der Waals surface area contributed by atoms with E-state index in [-0.39, 0.29) is 0 Å². The lowest BCUT2D eigenvalue weighted by atomic mass is 10.3. The highest BCUT2D eigenvalue weighted by atomic mass is 32.1. The highest BCUT2D eigenvalue weighted by molar-refractivity contribution is 7.80. The maximum Gasteiger partial charge on any atom is 0.169 e. The summed E-state index contributed by atoms with van der Waals surface area (Å²) in [5.41, 5.74) is 2.92. The van der Waals surface area contributed by atoms with Crippen molar-refractivity contribution < 1.29 is 0 Å². The van der Waals surface area contributed by atoms with E-state index in [1.54, 1.807) is 11.3 Å². The molecule has 0 bridgehead atoms. The molecule has 0 aliphatic rings. The van der Waals surface area contributed by atoms with Crippen LogP contribution >= 0.6 is 23.6 Å². The molecule has 0 saturated carbocycles. The Morgan fingerprint density at radius 1 is 1.67 bits per heavy atom. The molecule has 84 valence electrons. The molecule has 1 aromatic heterocycles. The van der Waals surface area contributed by atoms with Crippen molar-refractivity contribution in [1.82, 2.24) is 15.2 Å². The Labute approximate surface area is 101 Å². The Hall–Kier alpha value is -0.680. The van der Waals surface area contributed by atoms with Crippen LogP contribution < -0.4 is 5.32 Å². The molecule has 0 unspecified atom stereocenters. The molecule has 0 aromatic carbocycles. The molecule has 1 heterocycles. The van der Waals surface area contributed by atoms with Crippen LogP contribution in [0, 0.1) is 0 Å². The normalized spacial score (nSPS) is 10.0. The highest BCUT2D eigenvalue weighted by Crippen LogP contribution is 2.04. The smallest absolute Gasteiger partial charge is 0.169 e. The van der Waals surface area contributed by atoms with Crippen molar-refractivity contribution in [3.8, 4) is 0 Å². The topological polar surface area (TPSA) is 28.2 Å². The third kappa shape index (κ3) is 4.57. The molecule has 0 aliphatic heterocycles. The molecular weight excluding hydrogens is 226 g/mol. The summed E-state index contributed by atoms with van der Waals surface area (Å²) < 4.78 is 0. The minimum absolute atomic E-state index is 0.779. The van der Waals surface area contributed by atoms with Crippen molar-refractivity contribution in [3.63, 3.8) is 0 Å². The molecular formula is C10H17N3S2. The molecule has 1 N–H and O–H groups in total. The largest absolute Gasteiger partial charge is 0.363 e. The third-order valence-electron chi connectivity index (χ3n) is 2.04. The van der Waals surface area contributed by atoms with Gasteiger partial charge in [0, 0.05) is 19.0 Å². The van der Waals surface area contributed by atoms with Gasteiger partial charge in [-0.05, 0) is 18.6 Å². The number of nitrogens with one attached hydrogen (secondary N) is 1. The zero-order valence-corrected chi connectivity index (χ0v) is 10.8. The Morgan fingerprint density at radius 3 is 3.07 bits per heavy atom. The van der Waals surface area contributed by atoms with Crippen LogP contribution in [0.5, 0.6) is 0 Å². The molecule has 1 rings (SSSR count). The van der Waals surface area contributed by atoms with Crippen LogP contribution in [0.4, 0.5) is 0 Å². The number of thiocarbonyl (C=S) groups is 1. The van der Waals surface area contributed by atoms with Gasteiger partial charge in [-0.15, -0.1) is 11.3 Å². The maximum atomic E-state index is 5.25. The summed E-state index contributed by atoms with van der Waals surface area (Å²) in [7, 11) is 1.99. The average Bonchev–Trinajstić information content (AvgIpc) is 2.70. The van der Waals surface area contributed by atoms with Crippen molar-refractivity contribution in [2.45, 2.75) is 26.3 Å². The number of unbranched alkanes of at least 4 members (excludes halogenated alkanes) is 1. The minimum Gasteiger partial charge on any atom is -0.363 e. The molecule has 0 fully saturated rings. The first-order chi connectivity index (χ1) is 7.24. The standard InChI is InChI=1S/C10H17N3S2/c1-3-4-5-11-10(14)13(2)6-9-7-15-8-12-9/h7-8H,3-6H2,1-2H3,(H,11,14). The van der Waals surface area contributed by atoms with E-state index in [1.165, 1.54) is 6.42 Å². The molecule has 0 atom stereocenters. The SMILES string of the molecule is CCCCNC(=S)N(C)Cc1cscn1. The third-order valence-corrected chi connectivity index (χ3v) is 3.13. The molecule has 0 saturated heterocycles. The Morgan fingerprint density at radius 2 is 2.47 bits per heavy atom. The number of rotatable bonds is 5. The summed E-state index contributed by atoms with van der Waals surface area (Å²) in [6.45, 7) is 3.90. The summed E-state index contributed by atoms with van der Waals surface area (Å²) in [5.74, 6) is 0. The van der Waals surface area contributed by atoms with Gasteiger partial charge in [0.25, 0.3) is 0 Å². The van der Waals surface area contributed by atoms with Gasteiger partial charge >= 0.3 is 0 Å². The van der Waals surface area contributed by atoms with Crippen molar-refractivity contribution in [3.05, 3.63) is 16.6 Å². The molecule has 0 aliphatic carbocycles. The molecule has 0 amide bonds. The number of hydrogen-bond acceptors (Lipinski definition) is 3. The highest BCUT2D eigenvalue weighted by Gasteiger charge is 2.05. The molecule has 1 aromatic rings. The van der Waals surface area contributed by atoms with E-state index in [9.17, 15) is 0 Å². The van der Waals surface area contributed by atoms with Gasteiger partial charge < -0.3 is 10.2 Å². The summed E-state index contributed by atoms with van der Waals surface area (Å²) >= 11 is 6.87. The van der Waals surface area contributed by atoms with Crippen LogP contribution in [0.1, 0.15) is 25.5 Å². The average molecular weight is 243 g/mol. The van der Waals surface area contributed by atoms with Crippen molar-refractivity contribution in [1.29, 1.82) is 0 Å². The monoisotopic (exact) mass is 243 g/mol. The minimum atomic E-state index is 0.779. The predicted octanol–water partition coefficient (Wildman–Crippen LogP) is 2.25. The van der Waals surface area contributed by atoms with Crippen molar-refractivity contribution in [2.75, 3.05) is 13.6 Å². The fourth-order valence-corrected chi connectivity index (χ4v) is 1.85. The lowest BCUT2D eigenvalue weighted by Gasteiger charge is -2.19. The predicted molar refractivity (Wildman–Crippen MR) is 69.1 cm³/mol. The van der Waals surface area contributed by atoms with Crippen LogP contribution in [0.3, 0.4) is 0 Å². The van der Waals surface area contributed by atoms with Gasteiger partial charge in [0.05, 0.1) is 17.7 Å². The van der Waals surface area contributed by atoms with Gasteiger partial charge in [-0.2, -0.15) is 0 Å². The van der Waals surface area contributed by atoms with E-state index in [2.05, 4.69) is 17.2 Å². The first-order valence-corrected chi connectivity index (χ1v) is 6.45. The second-order valence-electron chi connectivity index (χ2n) is 3.42. The van der Waals surface area contributed by atoms with Crippen molar-refractivity contribution >= 4 is 28.7 Å². The van der Waals surface area contributed by atoms with Gasteiger partial charge in [-0.3, -0.25) is 0 Å². The molecule has 0 radical (unpaired) electrons. The van der Waals surface area contributed by atoms with E-state index < -0.39 is 0 Å². The lowest BCUT2D eigenvalue weighted by Crippen LogP contribution is -2.37. The molecule has 0 spiro atoms. The van der Waals surface area contributed by atoms with Crippen molar-refractivity contribution in [2.24, 2.45) is 0 Å². The molecule has 3 nitrogen and oxygen atoms in total. The van der Waals surface area contributed by atoms with Gasteiger partial charge in [0.1, 0.15) is 0 Å². The van der Waals surface area contributed by atoms with Crippen LogP contribution in [-0.4, -0.2) is 28.6 Å². The fourth-order valence-electron chi connectivity index (χ4n) is 1.14. The number of thiazole rings is 1. The zero-order valence-electron chi connectivity index (χ0n) is 9.19. The number of hydrogen-bond donors (Lipinski definition) is 1. The Bertz CT molecular complexity index is 285. The van der Waals surface area contributed by atoms with Crippen LogP contribution in [0.2, 0.25) is 0 Å². The number of nitrogens with zero attached hydrogens (tertiary/aromatic N) is 2. The number of aromatic nitrogens is 1. The van der Waals surface area contributed by atoms with Gasteiger partial charge in [-0.1, -0.05) is 13.3 Å². The summed E-state index contributed by atoms with van der Waals surface area (Å²) in [6.07, 6.45) is 2.34. The van der Waals surface area contributed by atoms with E-state index >= 15 is 0 Å². The van der Waals surface area contributed by atoms with Gasteiger partial charge in [-0.25, -0.2) is 4.98 Å². The van der Waals surface area contributed by atoms with Gasteiger partial charge in [0.15, 0.2) is 5.11 Å². The second kappa shape index (κ2) is 6.74. The van der Waals surface area contributed by atoms with E-state index in [0.717, 1.165) is 30.3 Å². The summed E-state index contributed by atoms with van der Waals surface area (Å²) in [5, 5.41) is 6.08. The van der Waals surface area contributed by atoms with Crippen LogP contribution in [0.15, 0.2) is 10.9 Å². The Kier molecular flexibility index (Phi) is 5.57. The van der Waals surface area contributed by atoms with Gasteiger partial charge in [0.2, 0.25) is 0 Å². The van der Waals surface area contributed by atoms with Crippen LogP contribution in [-0.2, 0) is 6.54 Å². The second-order valence-corrected chi connectivity index (χ2v) is 4.53. The first kappa shape index (κ1) is 12.4.